The average Bonchev–Trinajstić information content (AvgIpc) is 2.23. The van der Waals surface area contributed by atoms with Crippen molar-refractivity contribution in [2.75, 3.05) is 12.4 Å². The molecule has 0 fully saturated rings. The number of rotatable bonds is 9. The molecule has 0 amide bonds. The fourth-order valence-corrected chi connectivity index (χ4v) is 2.37. The van der Waals surface area contributed by atoms with Crippen molar-refractivity contribution < 1.29 is 9.53 Å². The molecule has 96 valence electrons. The summed E-state index contributed by atoms with van der Waals surface area (Å²) < 4.78 is 4.87. The van der Waals surface area contributed by atoms with E-state index in [-0.39, 0.29) is 5.97 Å². The Labute approximate surface area is 105 Å². The predicted molar refractivity (Wildman–Crippen MR) is 71.9 cm³/mol. The fraction of sp³-hybridized carbons (Fsp3) is 0.923. The molecule has 0 aliphatic rings. The van der Waals surface area contributed by atoms with Gasteiger partial charge in [0.25, 0.3) is 0 Å². The third kappa shape index (κ3) is 9.08. The minimum Gasteiger partial charge on any atom is -0.466 e. The second-order valence-corrected chi connectivity index (χ2v) is 5.92. The van der Waals surface area contributed by atoms with E-state index in [1.54, 1.807) is 0 Å². The molecule has 0 aromatic rings. The van der Waals surface area contributed by atoms with Gasteiger partial charge in [-0.15, -0.1) is 0 Å². The highest BCUT2D eigenvalue weighted by molar-refractivity contribution is 7.99. The van der Waals surface area contributed by atoms with Crippen molar-refractivity contribution in [3.05, 3.63) is 0 Å². The predicted octanol–water partition coefficient (Wildman–Crippen LogP) is 3.89. The molecule has 2 nitrogen and oxygen atoms in total. The van der Waals surface area contributed by atoms with Crippen LogP contribution in [0.3, 0.4) is 0 Å². The molecule has 0 bridgehead atoms. The molecule has 0 heterocycles. The van der Waals surface area contributed by atoms with Gasteiger partial charge in [0.2, 0.25) is 0 Å². The number of hydrogen-bond donors (Lipinski definition) is 0. The van der Waals surface area contributed by atoms with Crippen molar-refractivity contribution >= 4 is 17.7 Å². The van der Waals surface area contributed by atoms with Gasteiger partial charge in [0.05, 0.1) is 6.61 Å². The zero-order valence-electron chi connectivity index (χ0n) is 11.1. The summed E-state index contributed by atoms with van der Waals surface area (Å²) in [6, 6.07) is 0. The molecule has 1 atom stereocenters. The number of thioether (sulfide) groups is 1. The Balaban J connectivity index is 3.24. The van der Waals surface area contributed by atoms with Crippen LogP contribution >= 0.6 is 11.8 Å². The van der Waals surface area contributed by atoms with E-state index in [1.807, 2.05) is 18.7 Å². The summed E-state index contributed by atoms with van der Waals surface area (Å²) in [6.45, 7) is 9.16. The first-order valence-corrected chi connectivity index (χ1v) is 7.40. The Morgan fingerprint density at radius 3 is 2.44 bits per heavy atom. The molecule has 0 spiro atoms. The second kappa shape index (κ2) is 10.0. The Morgan fingerprint density at radius 2 is 1.88 bits per heavy atom. The van der Waals surface area contributed by atoms with Crippen LogP contribution in [-0.2, 0) is 9.53 Å². The quantitative estimate of drug-likeness (QED) is 0.456. The van der Waals surface area contributed by atoms with E-state index in [2.05, 4.69) is 20.8 Å². The first kappa shape index (κ1) is 15.8. The minimum atomic E-state index is -0.0503. The summed E-state index contributed by atoms with van der Waals surface area (Å²) in [7, 11) is 0. The Bertz CT molecular complexity index is 181. The molecule has 0 saturated heterocycles. The second-order valence-electron chi connectivity index (χ2n) is 4.44. The lowest BCUT2D eigenvalue weighted by Gasteiger charge is -2.14. The molecule has 1 unspecified atom stereocenters. The molecular weight excluding hydrogens is 220 g/mol. The first-order chi connectivity index (χ1) is 7.57. The molecule has 3 heteroatoms. The number of ether oxygens (including phenoxy) is 1. The molecule has 0 aliphatic carbocycles. The van der Waals surface area contributed by atoms with Gasteiger partial charge in [-0.1, -0.05) is 27.2 Å². The van der Waals surface area contributed by atoms with Gasteiger partial charge in [-0.2, -0.15) is 11.8 Å². The zero-order chi connectivity index (χ0) is 12.4. The Morgan fingerprint density at radius 1 is 1.19 bits per heavy atom. The van der Waals surface area contributed by atoms with Crippen LogP contribution in [0.5, 0.6) is 0 Å². The van der Waals surface area contributed by atoms with Gasteiger partial charge in [0.15, 0.2) is 0 Å². The Kier molecular flexibility index (Phi) is 9.89. The highest BCUT2D eigenvalue weighted by Crippen LogP contribution is 2.20. The van der Waals surface area contributed by atoms with Gasteiger partial charge < -0.3 is 4.74 Å². The van der Waals surface area contributed by atoms with Gasteiger partial charge in [0, 0.05) is 11.7 Å². The number of unbranched alkanes of at least 4 members (excludes halogenated alkanes) is 2. The summed E-state index contributed by atoms with van der Waals surface area (Å²) in [5, 5.41) is 0.741. The average molecular weight is 246 g/mol. The minimum absolute atomic E-state index is 0.0503. The van der Waals surface area contributed by atoms with Gasteiger partial charge >= 0.3 is 5.97 Å². The number of esters is 1. The SMILES string of the molecule is CCOC(=O)CCCCCSC(C)C(C)C. The highest BCUT2D eigenvalue weighted by atomic mass is 32.2. The van der Waals surface area contributed by atoms with Crippen molar-refractivity contribution in [3.8, 4) is 0 Å². The smallest absolute Gasteiger partial charge is 0.305 e. The van der Waals surface area contributed by atoms with Gasteiger partial charge in [-0.3, -0.25) is 4.79 Å². The number of carbonyl (C=O) groups is 1. The zero-order valence-corrected chi connectivity index (χ0v) is 11.9. The third-order valence-electron chi connectivity index (χ3n) is 2.65. The van der Waals surface area contributed by atoms with E-state index >= 15 is 0 Å². The lowest BCUT2D eigenvalue weighted by Crippen LogP contribution is -2.06. The van der Waals surface area contributed by atoms with Crippen molar-refractivity contribution in [1.29, 1.82) is 0 Å². The Hall–Kier alpha value is -0.180. The molecule has 0 N–H and O–H groups in total. The molecule has 0 saturated carbocycles. The summed E-state index contributed by atoms with van der Waals surface area (Å²) >= 11 is 2.04. The van der Waals surface area contributed by atoms with Crippen LogP contribution in [-0.4, -0.2) is 23.6 Å². The lowest BCUT2D eigenvalue weighted by atomic mass is 10.2. The van der Waals surface area contributed by atoms with Gasteiger partial charge in [0.1, 0.15) is 0 Å². The van der Waals surface area contributed by atoms with E-state index in [0.29, 0.717) is 13.0 Å². The number of carbonyl (C=O) groups excluding carboxylic acids is 1. The van der Waals surface area contributed by atoms with Crippen molar-refractivity contribution in [1.82, 2.24) is 0 Å². The molecule has 0 aromatic heterocycles. The van der Waals surface area contributed by atoms with Gasteiger partial charge in [-0.05, 0) is 31.4 Å². The van der Waals surface area contributed by atoms with Crippen LogP contribution < -0.4 is 0 Å². The third-order valence-corrected chi connectivity index (χ3v) is 4.24. The monoisotopic (exact) mass is 246 g/mol. The van der Waals surface area contributed by atoms with Crippen LogP contribution in [0.25, 0.3) is 0 Å². The van der Waals surface area contributed by atoms with E-state index < -0.39 is 0 Å². The van der Waals surface area contributed by atoms with E-state index in [1.165, 1.54) is 12.2 Å². The molecule has 0 radical (unpaired) electrons. The molecule has 0 aromatic carbocycles. The van der Waals surface area contributed by atoms with Crippen molar-refractivity contribution in [2.24, 2.45) is 5.92 Å². The van der Waals surface area contributed by atoms with E-state index in [9.17, 15) is 4.79 Å². The topological polar surface area (TPSA) is 26.3 Å². The lowest BCUT2D eigenvalue weighted by molar-refractivity contribution is -0.143. The first-order valence-electron chi connectivity index (χ1n) is 6.35. The largest absolute Gasteiger partial charge is 0.466 e. The van der Waals surface area contributed by atoms with Crippen LogP contribution in [0.2, 0.25) is 0 Å². The van der Waals surface area contributed by atoms with Crippen LogP contribution in [0.15, 0.2) is 0 Å². The highest BCUT2D eigenvalue weighted by Gasteiger charge is 2.06. The summed E-state index contributed by atoms with van der Waals surface area (Å²) in [4.78, 5) is 11.0. The maximum absolute atomic E-state index is 11.0. The summed E-state index contributed by atoms with van der Waals surface area (Å²) in [5.74, 6) is 1.91. The standard InChI is InChI=1S/C13H26O2S/c1-5-15-13(14)9-7-6-8-10-16-12(4)11(2)3/h11-12H,5-10H2,1-4H3. The summed E-state index contributed by atoms with van der Waals surface area (Å²) in [6.07, 6.45) is 3.89. The van der Waals surface area contributed by atoms with Crippen LogP contribution in [0.4, 0.5) is 0 Å². The maximum Gasteiger partial charge on any atom is 0.305 e. The fourth-order valence-electron chi connectivity index (χ4n) is 1.24. The maximum atomic E-state index is 11.0. The van der Waals surface area contributed by atoms with Gasteiger partial charge in [-0.25, -0.2) is 0 Å². The van der Waals surface area contributed by atoms with E-state index in [0.717, 1.165) is 24.0 Å². The van der Waals surface area contributed by atoms with Crippen molar-refractivity contribution in [2.45, 2.75) is 58.6 Å². The van der Waals surface area contributed by atoms with Crippen LogP contribution in [0.1, 0.15) is 53.4 Å². The molecular formula is C13H26O2S. The summed E-state index contributed by atoms with van der Waals surface area (Å²) in [5.41, 5.74) is 0. The van der Waals surface area contributed by atoms with Crippen LogP contribution in [0, 0.1) is 5.92 Å². The molecule has 0 aliphatic heterocycles. The normalized spacial score (nSPS) is 12.8. The molecule has 0 rings (SSSR count). The molecule has 16 heavy (non-hydrogen) atoms. The van der Waals surface area contributed by atoms with Crippen molar-refractivity contribution in [3.63, 3.8) is 0 Å². The number of hydrogen-bond acceptors (Lipinski definition) is 3. The van der Waals surface area contributed by atoms with E-state index in [4.69, 9.17) is 4.74 Å².